The summed E-state index contributed by atoms with van der Waals surface area (Å²) in [6, 6.07) is 5.11. The second-order valence-corrected chi connectivity index (χ2v) is 4.91. The van der Waals surface area contributed by atoms with E-state index < -0.39 is 12.0 Å². The highest BCUT2D eigenvalue weighted by molar-refractivity contribution is 5.77. The third-order valence-electron chi connectivity index (χ3n) is 3.27. The fourth-order valence-electron chi connectivity index (χ4n) is 2.37. The Labute approximate surface area is 115 Å². The van der Waals surface area contributed by atoms with Crippen LogP contribution >= 0.6 is 0 Å². The first-order valence-corrected chi connectivity index (χ1v) is 6.55. The molecule has 0 saturated heterocycles. The first kappa shape index (κ1) is 15.5. The molecule has 0 saturated carbocycles. The fourth-order valence-corrected chi connectivity index (χ4v) is 2.37. The lowest BCUT2D eigenvalue weighted by Crippen LogP contribution is -2.39. The molecule has 0 aromatic heterocycles. The van der Waals surface area contributed by atoms with Gasteiger partial charge in [0.2, 0.25) is 0 Å². The molecule has 0 spiro atoms. The molecule has 0 bridgehead atoms. The van der Waals surface area contributed by atoms with Gasteiger partial charge in [-0.25, -0.2) is 0 Å². The molecular formula is C15H23NO3. The van der Waals surface area contributed by atoms with Crippen molar-refractivity contribution in [1.29, 1.82) is 0 Å². The number of hydrogen-bond donors (Lipinski definition) is 1. The average Bonchev–Trinajstić information content (AvgIpc) is 2.34. The van der Waals surface area contributed by atoms with Crippen LogP contribution < -0.4 is 4.74 Å². The van der Waals surface area contributed by atoms with Crippen LogP contribution in [0.15, 0.2) is 18.2 Å². The van der Waals surface area contributed by atoms with Crippen molar-refractivity contribution < 1.29 is 14.6 Å². The molecule has 0 aliphatic rings. The Morgan fingerprint density at radius 3 is 2.47 bits per heavy atom. The van der Waals surface area contributed by atoms with E-state index in [-0.39, 0.29) is 6.04 Å². The SMILES string of the molecule is CCN(C(C)C)[C@@H](C(=O)O)c1cc(C)ccc1OC. The number of benzene rings is 1. The number of ether oxygens (including phenoxy) is 1. The number of rotatable bonds is 6. The van der Waals surface area contributed by atoms with E-state index in [9.17, 15) is 9.90 Å². The lowest BCUT2D eigenvalue weighted by atomic mass is 10.0. The monoisotopic (exact) mass is 265 g/mol. The summed E-state index contributed by atoms with van der Waals surface area (Å²) in [6.45, 7) is 8.60. The van der Waals surface area contributed by atoms with Gasteiger partial charge in [-0.3, -0.25) is 9.69 Å². The van der Waals surface area contributed by atoms with E-state index in [1.165, 1.54) is 0 Å². The van der Waals surface area contributed by atoms with E-state index in [4.69, 9.17) is 4.74 Å². The quantitative estimate of drug-likeness (QED) is 0.859. The molecule has 0 aliphatic carbocycles. The van der Waals surface area contributed by atoms with Gasteiger partial charge in [0.05, 0.1) is 7.11 Å². The molecule has 4 heteroatoms. The predicted octanol–water partition coefficient (Wildman–Crippen LogP) is 2.86. The van der Waals surface area contributed by atoms with Crippen molar-refractivity contribution >= 4 is 5.97 Å². The summed E-state index contributed by atoms with van der Waals surface area (Å²) in [7, 11) is 1.57. The summed E-state index contributed by atoms with van der Waals surface area (Å²) in [5.41, 5.74) is 1.74. The molecule has 0 amide bonds. The van der Waals surface area contributed by atoms with E-state index in [0.717, 1.165) is 5.56 Å². The average molecular weight is 265 g/mol. The number of methoxy groups -OCH3 is 1. The third-order valence-corrected chi connectivity index (χ3v) is 3.27. The Morgan fingerprint density at radius 2 is 2.05 bits per heavy atom. The Morgan fingerprint density at radius 1 is 1.42 bits per heavy atom. The fraction of sp³-hybridized carbons (Fsp3) is 0.533. The van der Waals surface area contributed by atoms with Gasteiger partial charge in [-0.2, -0.15) is 0 Å². The lowest BCUT2D eigenvalue weighted by Gasteiger charge is -2.32. The molecule has 0 unspecified atom stereocenters. The van der Waals surface area contributed by atoms with Crippen LogP contribution in [0.5, 0.6) is 5.75 Å². The molecule has 19 heavy (non-hydrogen) atoms. The van der Waals surface area contributed by atoms with Gasteiger partial charge in [0.1, 0.15) is 11.8 Å². The molecule has 1 aromatic carbocycles. The lowest BCUT2D eigenvalue weighted by molar-refractivity contribution is -0.144. The maximum atomic E-state index is 11.7. The minimum absolute atomic E-state index is 0.149. The molecule has 0 radical (unpaired) electrons. The first-order chi connectivity index (χ1) is 8.92. The van der Waals surface area contributed by atoms with Crippen LogP contribution in [-0.2, 0) is 4.79 Å². The molecule has 1 aromatic rings. The van der Waals surface area contributed by atoms with E-state index in [1.807, 2.05) is 50.8 Å². The number of likely N-dealkylation sites (N-methyl/N-ethyl adjacent to an activating group) is 1. The summed E-state index contributed by atoms with van der Waals surface area (Å²) >= 11 is 0. The van der Waals surface area contributed by atoms with Crippen molar-refractivity contribution in [3.63, 3.8) is 0 Å². The number of hydrogen-bond acceptors (Lipinski definition) is 3. The first-order valence-electron chi connectivity index (χ1n) is 6.55. The van der Waals surface area contributed by atoms with Gasteiger partial charge in [0, 0.05) is 11.6 Å². The Hall–Kier alpha value is -1.55. The molecule has 1 N–H and O–H groups in total. The summed E-state index contributed by atoms with van der Waals surface area (Å²) in [4.78, 5) is 13.6. The molecular weight excluding hydrogens is 242 g/mol. The standard InChI is InChI=1S/C15H23NO3/c1-6-16(10(2)3)14(15(17)18)12-9-11(4)7-8-13(12)19-5/h7-10,14H,6H2,1-5H3,(H,17,18)/t14-/m1/s1. The summed E-state index contributed by atoms with van der Waals surface area (Å²) in [5, 5.41) is 9.59. The van der Waals surface area contributed by atoms with Crippen LogP contribution in [0.25, 0.3) is 0 Å². The smallest absolute Gasteiger partial charge is 0.325 e. The van der Waals surface area contributed by atoms with Gasteiger partial charge in [0.15, 0.2) is 0 Å². The highest BCUT2D eigenvalue weighted by Gasteiger charge is 2.30. The van der Waals surface area contributed by atoms with Gasteiger partial charge in [-0.05, 0) is 33.4 Å². The molecule has 106 valence electrons. The number of carboxylic acid groups (broad SMARTS) is 1. The Bertz CT molecular complexity index is 443. The van der Waals surface area contributed by atoms with E-state index in [2.05, 4.69) is 0 Å². The predicted molar refractivity (Wildman–Crippen MR) is 75.6 cm³/mol. The topological polar surface area (TPSA) is 49.8 Å². The van der Waals surface area contributed by atoms with E-state index >= 15 is 0 Å². The van der Waals surface area contributed by atoms with Crippen LogP contribution in [0, 0.1) is 6.92 Å². The number of aliphatic carboxylic acids is 1. The maximum Gasteiger partial charge on any atom is 0.325 e. The largest absolute Gasteiger partial charge is 0.496 e. The van der Waals surface area contributed by atoms with E-state index in [1.54, 1.807) is 7.11 Å². The van der Waals surface area contributed by atoms with Crippen LogP contribution in [0.2, 0.25) is 0 Å². The van der Waals surface area contributed by atoms with Gasteiger partial charge < -0.3 is 9.84 Å². The van der Waals surface area contributed by atoms with Gasteiger partial charge >= 0.3 is 5.97 Å². The van der Waals surface area contributed by atoms with Crippen LogP contribution in [0.3, 0.4) is 0 Å². The van der Waals surface area contributed by atoms with Crippen LogP contribution in [-0.4, -0.2) is 35.7 Å². The zero-order chi connectivity index (χ0) is 14.6. The third kappa shape index (κ3) is 3.47. The van der Waals surface area contributed by atoms with E-state index in [0.29, 0.717) is 17.9 Å². The second-order valence-electron chi connectivity index (χ2n) is 4.91. The molecule has 0 heterocycles. The summed E-state index contributed by atoms with van der Waals surface area (Å²) in [6.07, 6.45) is 0. The summed E-state index contributed by atoms with van der Waals surface area (Å²) in [5.74, 6) is -0.225. The molecule has 1 rings (SSSR count). The number of aryl methyl sites for hydroxylation is 1. The maximum absolute atomic E-state index is 11.7. The van der Waals surface area contributed by atoms with Crippen molar-refractivity contribution in [2.45, 2.75) is 39.8 Å². The minimum atomic E-state index is -0.848. The zero-order valence-corrected chi connectivity index (χ0v) is 12.3. The molecule has 0 fully saturated rings. The number of carboxylic acids is 1. The van der Waals surface area contributed by atoms with Crippen molar-refractivity contribution in [1.82, 2.24) is 4.90 Å². The Kier molecular flexibility index (Phi) is 5.36. The van der Waals surface area contributed by atoms with Crippen molar-refractivity contribution in [2.75, 3.05) is 13.7 Å². The van der Waals surface area contributed by atoms with Crippen molar-refractivity contribution in [3.05, 3.63) is 29.3 Å². The van der Waals surface area contributed by atoms with Gasteiger partial charge in [-0.1, -0.05) is 24.6 Å². The minimum Gasteiger partial charge on any atom is -0.496 e. The molecule has 0 aliphatic heterocycles. The summed E-state index contributed by atoms with van der Waals surface area (Å²) < 4.78 is 5.32. The Balaban J connectivity index is 3.33. The van der Waals surface area contributed by atoms with Crippen molar-refractivity contribution in [3.8, 4) is 5.75 Å². The van der Waals surface area contributed by atoms with Crippen molar-refractivity contribution in [2.24, 2.45) is 0 Å². The normalized spacial score (nSPS) is 12.8. The van der Waals surface area contributed by atoms with Gasteiger partial charge in [0.25, 0.3) is 0 Å². The molecule has 1 atom stereocenters. The number of nitrogens with zero attached hydrogens (tertiary/aromatic N) is 1. The van der Waals surface area contributed by atoms with Gasteiger partial charge in [-0.15, -0.1) is 0 Å². The van der Waals surface area contributed by atoms with Crippen LogP contribution in [0.1, 0.15) is 37.9 Å². The van der Waals surface area contributed by atoms with Crippen LogP contribution in [0.4, 0.5) is 0 Å². The zero-order valence-electron chi connectivity index (χ0n) is 12.3. The molecule has 4 nitrogen and oxygen atoms in total. The highest BCUT2D eigenvalue weighted by atomic mass is 16.5. The second kappa shape index (κ2) is 6.57. The number of carbonyl (C=O) groups is 1. The highest BCUT2D eigenvalue weighted by Crippen LogP contribution is 2.31.